The first kappa shape index (κ1) is 17.5. The first-order valence-corrected chi connectivity index (χ1v) is 8.84. The van der Waals surface area contributed by atoms with Gasteiger partial charge < -0.3 is 0 Å². The highest BCUT2D eigenvalue weighted by Crippen LogP contribution is 2.28. The summed E-state index contributed by atoms with van der Waals surface area (Å²) < 4.78 is 1.57. The Kier molecular flexibility index (Phi) is 5.42. The van der Waals surface area contributed by atoms with Crippen LogP contribution in [0.3, 0.4) is 0 Å². The molecule has 2 heterocycles. The molecule has 7 nitrogen and oxygen atoms in total. The largest absolute Gasteiger partial charge is 0.287 e. The number of aryl methyl sites for hydroxylation is 2. The molecule has 0 unspecified atom stereocenters. The van der Waals surface area contributed by atoms with Gasteiger partial charge in [-0.15, -0.1) is 11.3 Å². The number of thiophene rings is 1. The monoisotopic (exact) mass is 354 g/mol. The Morgan fingerprint density at radius 3 is 2.61 bits per heavy atom. The molecule has 9 heteroatoms. The van der Waals surface area contributed by atoms with E-state index in [1.165, 1.54) is 30.0 Å². The number of aromatic nitrogens is 2. The predicted molar refractivity (Wildman–Crippen MR) is 91.7 cm³/mol. The van der Waals surface area contributed by atoms with Gasteiger partial charge >= 0.3 is 0 Å². The minimum absolute atomic E-state index is 0.0571. The Labute approximate surface area is 141 Å². The average molecular weight is 354 g/mol. The highest BCUT2D eigenvalue weighted by atomic mass is 32.2. The molecule has 0 aromatic carbocycles. The zero-order valence-electron chi connectivity index (χ0n) is 13.3. The molecule has 2 aromatic heterocycles. The molecule has 0 radical (unpaired) electrons. The third-order valence-electron chi connectivity index (χ3n) is 3.28. The summed E-state index contributed by atoms with van der Waals surface area (Å²) in [6.45, 7) is 7.53. The van der Waals surface area contributed by atoms with Crippen molar-refractivity contribution in [3.05, 3.63) is 20.8 Å². The van der Waals surface area contributed by atoms with Gasteiger partial charge in [-0.1, -0.05) is 11.8 Å². The lowest BCUT2D eigenvalue weighted by molar-refractivity contribution is -0.126. The maximum Gasteiger partial charge on any atom is 0.263 e. The van der Waals surface area contributed by atoms with Crippen LogP contribution in [0.1, 0.15) is 24.3 Å². The summed E-state index contributed by atoms with van der Waals surface area (Å²) in [5.74, 6) is -0.652. The van der Waals surface area contributed by atoms with Crippen molar-refractivity contribution < 1.29 is 9.59 Å². The second-order valence-electron chi connectivity index (χ2n) is 4.93. The minimum Gasteiger partial charge on any atom is -0.287 e. The van der Waals surface area contributed by atoms with Crippen molar-refractivity contribution in [2.75, 3.05) is 5.75 Å². The molecule has 23 heavy (non-hydrogen) atoms. The predicted octanol–water partition coefficient (Wildman–Crippen LogP) is 1.35. The quantitative estimate of drug-likeness (QED) is 0.491. The van der Waals surface area contributed by atoms with Gasteiger partial charge in [0, 0.05) is 18.3 Å². The van der Waals surface area contributed by atoms with E-state index in [-0.39, 0.29) is 23.1 Å². The number of carbonyl (C=O) groups excluding carboxylic acids is 2. The maximum absolute atomic E-state index is 12.6. The fourth-order valence-electron chi connectivity index (χ4n) is 2.02. The molecule has 0 bridgehead atoms. The van der Waals surface area contributed by atoms with Crippen LogP contribution in [0.5, 0.6) is 0 Å². The zero-order valence-corrected chi connectivity index (χ0v) is 15.0. The molecule has 0 aliphatic heterocycles. The Hall–Kier alpha value is -1.87. The molecule has 0 fully saturated rings. The molecule has 2 N–H and O–H groups in total. The van der Waals surface area contributed by atoms with Crippen molar-refractivity contribution in [3.63, 3.8) is 0 Å². The summed E-state index contributed by atoms with van der Waals surface area (Å²) >= 11 is 2.65. The van der Waals surface area contributed by atoms with E-state index in [2.05, 4.69) is 15.8 Å². The Balaban J connectivity index is 2.28. The summed E-state index contributed by atoms with van der Waals surface area (Å²) in [5, 5.41) is 1.16. The summed E-state index contributed by atoms with van der Waals surface area (Å²) in [4.78, 5) is 41.4. The normalized spacial score (nSPS) is 10.8. The lowest BCUT2D eigenvalue weighted by Gasteiger charge is -2.10. The van der Waals surface area contributed by atoms with Crippen molar-refractivity contribution in [2.45, 2.75) is 39.4 Å². The number of nitrogens with zero attached hydrogens (tertiary/aromatic N) is 2. The molecule has 2 aromatic rings. The number of hydrazine groups is 1. The summed E-state index contributed by atoms with van der Waals surface area (Å²) in [6, 6.07) is 0. The van der Waals surface area contributed by atoms with Crippen molar-refractivity contribution in [1.29, 1.82) is 0 Å². The van der Waals surface area contributed by atoms with Gasteiger partial charge in [0.1, 0.15) is 4.83 Å². The zero-order chi connectivity index (χ0) is 17.1. The molecule has 0 aliphatic rings. The van der Waals surface area contributed by atoms with Crippen LogP contribution in [0.2, 0.25) is 0 Å². The van der Waals surface area contributed by atoms with Crippen LogP contribution < -0.4 is 16.4 Å². The summed E-state index contributed by atoms with van der Waals surface area (Å²) in [7, 11) is 0. The molecule has 0 saturated heterocycles. The SMILES string of the molecule is CCn1c(SCC(=O)NNC(C)=O)nc2sc(C)c(C)c2c1=O. The second kappa shape index (κ2) is 7.14. The number of carbonyl (C=O) groups is 2. The van der Waals surface area contributed by atoms with Gasteiger partial charge in [0.05, 0.1) is 11.1 Å². The van der Waals surface area contributed by atoms with Crippen molar-refractivity contribution in [2.24, 2.45) is 0 Å². The molecule has 0 spiro atoms. The van der Waals surface area contributed by atoms with Crippen LogP contribution in [0.4, 0.5) is 0 Å². The highest BCUT2D eigenvalue weighted by molar-refractivity contribution is 7.99. The van der Waals surface area contributed by atoms with E-state index in [0.717, 1.165) is 10.4 Å². The number of amides is 2. The molecule has 2 rings (SSSR count). The Morgan fingerprint density at radius 1 is 1.30 bits per heavy atom. The van der Waals surface area contributed by atoms with Gasteiger partial charge in [-0.25, -0.2) is 4.98 Å². The maximum atomic E-state index is 12.6. The van der Waals surface area contributed by atoms with Gasteiger partial charge in [0.2, 0.25) is 11.8 Å². The van der Waals surface area contributed by atoms with Crippen LogP contribution in [0.15, 0.2) is 9.95 Å². The number of nitrogens with one attached hydrogen (secondary N) is 2. The highest BCUT2D eigenvalue weighted by Gasteiger charge is 2.16. The lowest BCUT2D eigenvalue weighted by Crippen LogP contribution is -2.41. The second-order valence-corrected chi connectivity index (χ2v) is 7.07. The average Bonchev–Trinajstić information content (AvgIpc) is 2.78. The Morgan fingerprint density at radius 2 is 2.00 bits per heavy atom. The third-order valence-corrected chi connectivity index (χ3v) is 5.36. The van der Waals surface area contributed by atoms with Gasteiger partial charge in [-0.05, 0) is 26.3 Å². The molecular weight excluding hydrogens is 336 g/mol. The number of thioether (sulfide) groups is 1. The van der Waals surface area contributed by atoms with E-state index in [9.17, 15) is 14.4 Å². The van der Waals surface area contributed by atoms with Gasteiger partial charge in [-0.2, -0.15) is 0 Å². The third kappa shape index (κ3) is 3.73. The number of rotatable bonds is 4. The van der Waals surface area contributed by atoms with Crippen LogP contribution in [0, 0.1) is 13.8 Å². The number of fused-ring (bicyclic) bond motifs is 1. The van der Waals surface area contributed by atoms with Crippen LogP contribution in [0.25, 0.3) is 10.2 Å². The van der Waals surface area contributed by atoms with Gasteiger partial charge in [0.15, 0.2) is 5.16 Å². The smallest absolute Gasteiger partial charge is 0.263 e. The topological polar surface area (TPSA) is 93.1 Å². The fourth-order valence-corrected chi connectivity index (χ4v) is 3.96. The number of hydrogen-bond acceptors (Lipinski definition) is 6. The van der Waals surface area contributed by atoms with Crippen LogP contribution >= 0.6 is 23.1 Å². The molecule has 124 valence electrons. The van der Waals surface area contributed by atoms with Crippen molar-refractivity contribution in [1.82, 2.24) is 20.4 Å². The lowest BCUT2D eigenvalue weighted by atomic mass is 10.2. The number of hydrogen-bond donors (Lipinski definition) is 2. The first-order valence-electron chi connectivity index (χ1n) is 7.03. The van der Waals surface area contributed by atoms with E-state index in [0.29, 0.717) is 21.9 Å². The van der Waals surface area contributed by atoms with E-state index in [4.69, 9.17) is 0 Å². The first-order chi connectivity index (χ1) is 10.8. The van der Waals surface area contributed by atoms with Crippen LogP contribution in [-0.4, -0.2) is 27.1 Å². The fraction of sp³-hybridized carbons (Fsp3) is 0.429. The van der Waals surface area contributed by atoms with Gasteiger partial charge in [0.25, 0.3) is 5.56 Å². The summed E-state index contributed by atoms with van der Waals surface area (Å²) in [6.07, 6.45) is 0. The Bertz CT molecular complexity index is 826. The van der Waals surface area contributed by atoms with Crippen molar-refractivity contribution >= 4 is 45.1 Å². The van der Waals surface area contributed by atoms with E-state index in [1.807, 2.05) is 20.8 Å². The van der Waals surface area contributed by atoms with Crippen LogP contribution in [-0.2, 0) is 16.1 Å². The molecule has 0 atom stereocenters. The minimum atomic E-state index is -0.360. The molecule has 0 saturated carbocycles. The molecule has 0 aliphatic carbocycles. The van der Waals surface area contributed by atoms with Crippen molar-refractivity contribution in [3.8, 4) is 0 Å². The molecular formula is C14H18N4O3S2. The summed E-state index contributed by atoms with van der Waals surface area (Å²) in [5.41, 5.74) is 5.39. The van der Waals surface area contributed by atoms with E-state index < -0.39 is 0 Å². The standard InChI is InChI=1S/C14H18N4O3S2/c1-5-18-13(21)11-7(2)8(3)23-12(11)15-14(18)22-6-10(20)17-16-9(4)19/h5-6H2,1-4H3,(H,16,19)(H,17,20). The molecule has 2 amide bonds. The van der Waals surface area contributed by atoms with E-state index >= 15 is 0 Å². The van der Waals surface area contributed by atoms with Gasteiger partial charge in [-0.3, -0.25) is 29.8 Å². The van der Waals surface area contributed by atoms with E-state index in [1.54, 1.807) is 4.57 Å².